The smallest absolute Gasteiger partial charge is 0.242 e. The lowest BCUT2D eigenvalue weighted by molar-refractivity contribution is -0.141. The molecule has 6 nitrogen and oxygen atoms in total. The Morgan fingerprint density at radius 1 is 1.21 bits per heavy atom. The Bertz CT molecular complexity index is 600. The highest BCUT2D eigenvalue weighted by Crippen LogP contribution is 2.09. The molecule has 1 heterocycles. The van der Waals surface area contributed by atoms with E-state index in [0.29, 0.717) is 38.2 Å². The first-order chi connectivity index (χ1) is 11.5. The molecule has 1 aliphatic heterocycles. The zero-order valence-electron chi connectivity index (χ0n) is 13.8. The number of nitrogens with zero attached hydrogens (tertiary/aromatic N) is 3. The molecule has 0 bridgehead atoms. The van der Waals surface area contributed by atoms with Gasteiger partial charge in [-0.25, -0.2) is 4.39 Å². The van der Waals surface area contributed by atoms with Crippen molar-refractivity contribution in [3.05, 3.63) is 35.6 Å². The third-order valence-electron chi connectivity index (χ3n) is 4.20. The second-order valence-electron chi connectivity index (χ2n) is 5.80. The molecule has 2 rings (SSSR count). The maximum atomic E-state index is 13.7. The predicted octanol–water partition coefficient (Wildman–Crippen LogP) is 0.517. The maximum Gasteiger partial charge on any atom is 0.242 e. The van der Waals surface area contributed by atoms with E-state index in [0.717, 1.165) is 6.41 Å². The van der Waals surface area contributed by atoms with Crippen molar-refractivity contribution in [2.75, 3.05) is 39.3 Å². The van der Waals surface area contributed by atoms with Crippen molar-refractivity contribution in [2.24, 2.45) is 0 Å². The van der Waals surface area contributed by atoms with Gasteiger partial charge in [-0.15, -0.1) is 0 Å². The van der Waals surface area contributed by atoms with Crippen molar-refractivity contribution in [3.63, 3.8) is 0 Å². The number of carbonyl (C=O) groups is 3. The highest BCUT2D eigenvalue weighted by molar-refractivity contribution is 5.84. The molecule has 3 amide bonds. The molecule has 0 N–H and O–H groups in total. The molecule has 1 aliphatic rings. The quantitative estimate of drug-likeness (QED) is 0.712. The van der Waals surface area contributed by atoms with Crippen LogP contribution in [0.15, 0.2) is 24.3 Å². The first kappa shape index (κ1) is 17.9. The SMILES string of the molecule is CC(=O)N(CCc1ccccc1F)CC(=O)N1CCN(C=O)CC1. The summed E-state index contributed by atoms with van der Waals surface area (Å²) in [5, 5.41) is 0. The number of hydrogen-bond acceptors (Lipinski definition) is 3. The van der Waals surface area contributed by atoms with E-state index in [-0.39, 0.29) is 30.7 Å². The number of halogens is 1. The molecule has 24 heavy (non-hydrogen) atoms. The van der Waals surface area contributed by atoms with Gasteiger partial charge in [0.1, 0.15) is 5.82 Å². The van der Waals surface area contributed by atoms with E-state index in [1.165, 1.54) is 17.9 Å². The van der Waals surface area contributed by atoms with Crippen LogP contribution in [0.5, 0.6) is 0 Å². The lowest BCUT2D eigenvalue weighted by Crippen LogP contribution is -2.51. The van der Waals surface area contributed by atoms with Gasteiger partial charge in [-0.05, 0) is 18.1 Å². The summed E-state index contributed by atoms with van der Waals surface area (Å²) in [7, 11) is 0. The minimum atomic E-state index is -0.308. The fourth-order valence-electron chi connectivity index (χ4n) is 2.64. The standard InChI is InChI=1S/C17H22FN3O3/c1-14(23)21(7-6-15-4-2-3-5-16(15)18)12-17(24)20-10-8-19(13-22)9-11-20/h2-5,13H,6-12H2,1H3. The summed E-state index contributed by atoms with van der Waals surface area (Å²) in [5.41, 5.74) is 0.524. The van der Waals surface area contributed by atoms with Crippen LogP contribution in [0.1, 0.15) is 12.5 Å². The second kappa shape index (κ2) is 8.42. The molecule has 1 fully saturated rings. The number of piperazine rings is 1. The number of benzene rings is 1. The Labute approximate surface area is 140 Å². The molecule has 0 spiro atoms. The van der Waals surface area contributed by atoms with Crippen molar-refractivity contribution < 1.29 is 18.8 Å². The summed E-state index contributed by atoms with van der Waals surface area (Å²) >= 11 is 0. The molecule has 0 atom stereocenters. The number of hydrogen-bond donors (Lipinski definition) is 0. The van der Waals surface area contributed by atoms with Crippen molar-refractivity contribution in [2.45, 2.75) is 13.3 Å². The zero-order chi connectivity index (χ0) is 17.5. The van der Waals surface area contributed by atoms with Crippen molar-refractivity contribution >= 4 is 18.2 Å². The molecule has 0 aromatic heterocycles. The average molecular weight is 335 g/mol. The third-order valence-corrected chi connectivity index (χ3v) is 4.20. The molecule has 0 aliphatic carbocycles. The molecule has 0 unspecified atom stereocenters. The van der Waals surface area contributed by atoms with Crippen molar-refractivity contribution in [3.8, 4) is 0 Å². The van der Waals surface area contributed by atoms with Gasteiger partial charge in [-0.2, -0.15) is 0 Å². The lowest BCUT2D eigenvalue weighted by atomic mass is 10.1. The molecule has 1 aromatic rings. The summed E-state index contributed by atoms with van der Waals surface area (Å²) in [6, 6.07) is 6.41. The van der Waals surface area contributed by atoms with Gasteiger partial charge in [0.25, 0.3) is 0 Å². The van der Waals surface area contributed by atoms with Crippen LogP contribution >= 0.6 is 0 Å². The fraction of sp³-hybridized carbons (Fsp3) is 0.471. The largest absolute Gasteiger partial charge is 0.342 e. The minimum absolute atomic E-state index is 0.0229. The van der Waals surface area contributed by atoms with Crippen LogP contribution in [-0.2, 0) is 20.8 Å². The van der Waals surface area contributed by atoms with Crippen LogP contribution in [0.3, 0.4) is 0 Å². The van der Waals surface area contributed by atoms with Crippen LogP contribution in [0.2, 0.25) is 0 Å². The Morgan fingerprint density at radius 2 is 1.88 bits per heavy atom. The molecular weight excluding hydrogens is 313 g/mol. The van der Waals surface area contributed by atoms with Gasteiger partial charge in [0.2, 0.25) is 18.2 Å². The first-order valence-corrected chi connectivity index (χ1v) is 7.97. The van der Waals surface area contributed by atoms with Gasteiger partial charge < -0.3 is 14.7 Å². The predicted molar refractivity (Wildman–Crippen MR) is 86.6 cm³/mol. The van der Waals surface area contributed by atoms with Gasteiger partial charge in [0.15, 0.2) is 0 Å². The van der Waals surface area contributed by atoms with Crippen molar-refractivity contribution in [1.29, 1.82) is 0 Å². The van der Waals surface area contributed by atoms with Gasteiger partial charge in [0.05, 0.1) is 6.54 Å². The highest BCUT2D eigenvalue weighted by Gasteiger charge is 2.23. The molecular formula is C17H22FN3O3. The van der Waals surface area contributed by atoms with E-state index in [4.69, 9.17) is 0 Å². The van der Waals surface area contributed by atoms with Gasteiger partial charge in [0, 0.05) is 39.6 Å². The number of carbonyl (C=O) groups excluding carboxylic acids is 3. The molecule has 1 saturated heterocycles. The fourth-order valence-corrected chi connectivity index (χ4v) is 2.64. The van der Waals surface area contributed by atoms with Crippen LogP contribution in [-0.4, -0.2) is 72.2 Å². The summed E-state index contributed by atoms with van der Waals surface area (Å²) in [5.74, 6) is -0.673. The Morgan fingerprint density at radius 3 is 2.46 bits per heavy atom. The Hall–Kier alpha value is -2.44. The zero-order valence-corrected chi connectivity index (χ0v) is 13.8. The Balaban J connectivity index is 1.89. The van der Waals surface area contributed by atoms with E-state index in [9.17, 15) is 18.8 Å². The summed E-state index contributed by atoms with van der Waals surface area (Å²) in [4.78, 5) is 39.5. The Kier molecular flexibility index (Phi) is 6.28. The minimum Gasteiger partial charge on any atom is -0.342 e. The lowest BCUT2D eigenvalue weighted by Gasteiger charge is -2.34. The molecule has 7 heteroatoms. The van der Waals surface area contributed by atoms with Gasteiger partial charge in [-0.3, -0.25) is 14.4 Å². The molecule has 1 aromatic carbocycles. The highest BCUT2D eigenvalue weighted by atomic mass is 19.1. The molecule has 0 radical (unpaired) electrons. The summed E-state index contributed by atoms with van der Waals surface area (Å²) in [6.45, 7) is 3.61. The first-order valence-electron chi connectivity index (χ1n) is 7.97. The summed E-state index contributed by atoms with van der Waals surface area (Å²) in [6.07, 6.45) is 1.14. The van der Waals surface area contributed by atoms with Crippen molar-refractivity contribution in [1.82, 2.24) is 14.7 Å². The van der Waals surface area contributed by atoms with Gasteiger partial charge in [-0.1, -0.05) is 18.2 Å². The van der Waals surface area contributed by atoms with Gasteiger partial charge >= 0.3 is 0 Å². The number of amides is 3. The van der Waals surface area contributed by atoms with Crippen LogP contribution in [0.25, 0.3) is 0 Å². The van der Waals surface area contributed by atoms with E-state index < -0.39 is 0 Å². The van der Waals surface area contributed by atoms with Crippen LogP contribution in [0.4, 0.5) is 4.39 Å². The van der Waals surface area contributed by atoms with E-state index in [1.54, 1.807) is 28.0 Å². The normalized spacial score (nSPS) is 14.4. The number of rotatable bonds is 6. The molecule has 0 saturated carbocycles. The average Bonchev–Trinajstić information content (AvgIpc) is 2.59. The third kappa shape index (κ3) is 4.78. The second-order valence-corrected chi connectivity index (χ2v) is 5.80. The van der Waals surface area contributed by atoms with E-state index in [1.807, 2.05) is 0 Å². The monoisotopic (exact) mass is 335 g/mol. The van der Waals surface area contributed by atoms with E-state index >= 15 is 0 Å². The maximum absolute atomic E-state index is 13.7. The summed E-state index contributed by atoms with van der Waals surface area (Å²) < 4.78 is 13.7. The van der Waals surface area contributed by atoms with Crippen LogP contribution in [0, 0.1) is 5.82 Å². The van der Waals surface area contributed by atoms with Crippen LogP contribution < -0.4 is 0 Å². The van der Waals surface area contributed by atoms with E-state index in [2.05, 4.69) is 0 Å². The topological polar surface area (TPSA) is 60.9 Å². The molecule has 130 valence electrons.